The molecule has 7 nitrogen and oxygen atoms in total. The van der Waals surface area contributed by atoms with Crippen LogP contribution in [0.1, 0.15) is 27.7 Å². The number of hydrogen-bond donors (Lipinski definition) is 1. The molecule has 0 saturated carbocycles. The number of nitrogens with one attached hydrogen (secondary N) is 1. The lowest BCUT2D eigenvalue weighted by molar-refractivity contribution is -0.155. The molecule has 0 bridgehead atoms. The number of hydrogen-bond acceptors (Lipinski definition) is 7. The van der Waals surface area contributed by atoms with Gasteiger partial charge in [0.15, 0.2) is 6.10 Å². The molecule has 0 aromatic rings. The fraction of sp³-hybridized carbons (Fsp3) is 0.769. The second-order valence-corrected chi connectivity index (χ2v) is 5.98. The van der Waals surface area contributed by atoms with E-state index in [4.69, 9.17) is 14.2 Å². The zero-order valence-electron chi connectivity index (χ0n) is 12.6. The van der Waals surface area contributed by atoms with Crippen molar-refractivity contribution in [1.29, 1.82) is 0 Å². The minimum Gasteiger partial charge on any atom is -0.463 e. The van der Waals surface area contributed by atoms with Crippen molar-refractivity contribution in [1.82, 2.24) is 5.32 Å². The molecule has 0 radical (unpaired) electrons. The summed E-state index contributed by atoms with van der Waals surface area (Å²) in [4.78, 5) is 33.6. The molecule has 1 heterocycles. The zero-order valence-corrected chi connectivity index (χ0v) is 13.4. The normalized spacial score (nSPS) is 28.0. The molecule has 1 aliphatic heterocycles. The smallest absolute Gasteiger partial charge is 0.303 e. The first kappa shape index (κ1) is 17.8. The van der Waals surface area contributed by atoms with Gasteiger partial charge in [0, 0.05) is 20.8 Å². The molecule has 1 saturated heterocycles. The Labute approximate surface area is 128 Å². The molecule has 0 aliphatic carbocycles. The number of esters is 2. The van der Waals surface area contributed by atoms with Crippen LogP contribution in [0.2, 0.25) is 0 Å². The van der Waals surface area contributed by atoms with Crippen LogP contribution >= 0.6 is 11.8 Å². The second-order valence-electron chi connectivity index (χ2n) is 4.60. The van der Waals surface area contributed by atoms with Gasteiger partial charge in [-0.1, -0.05) is 6.92 Å². The van der Waals surface area contributed by atoms with E-state index in [-0.39, 0.29) is 18.0 Å². The lowest BCUT2D eigenvalue weighted by Crippen LogP contribution is -2.48. The lowest BCUT2D eigenvalue weighted by Gasteiger charge is -2.23. The standard InChI is InChI=1S/C13H21NO6S/c1-5-21-13-11(14-7(2)15)12(19-9(4)17)10(20-13)6-18-8(3)16/h10-13H,5-6H2,1-4H3,(H,14,15)/t10-,11+,12+,13+/m0/s1. The maximum absolute atomic E-state index is 11.4. The van der Waals surface area contributed by atoms with Gasteiger partial charge in [-0.2, -0.15) is 0 Å². The first-order valence-electron chi connectivity index (χ1n) is 6.69. The quantitative estimate of drug-likeness (QED) is 0.711. The fourth-order valence-electron chi connectivity index (χ4n) is 2.09. The Balaban J connectivity index is 2.87. The summed E-state index contributed by atoms with van der Waals surface area (Å²) < 4.78 is 16.0. The Kier molecular flexibility index (Phi) is 6.97. The van der Waals surface area contributed by atoms with Crippen LogP contribution in [0.5, 0.6) is 0 Å². The first-order chi connectivity index (χ1) is 9.85. The van der Waals surface area contributed by atoms with Crippen molar-refractivity contribution in [2.45, 2.75) is 51.4 Å². The largest absolute Gasteiger partial charge is 0.463 e. The predicted molar refractivity (Wildman–Crippen MR) is 76.6 cm³/mol. The minimum absolute atomic E-state index is 0.0237. The molecule has 1 amide bonds. The number of rotatable bonds is 6. The Bertz CT molecular complexity index is 402. The van der Waals surface area contributed by atoms with Gasteiger partial charge in [-0.15, -0.1) is 11.8 Å². The summed E-state index contributed by atoms with van der Waals surface area (Å²) in [6.45, 7) is 5.90. The van der Waals surface area contributed by atoms with E-state index in [9.17, 15) is 14.4 Å². The Morgan fingerprint density at radius 2 is 1.86 bits per heavy atom. The fourth-order valence-corrected chi connectivity index (χ4v) is 3.07. The molecule has 8 heteroatoms. The average molecular weight is 319 g/mol. The summed E-state index contributed by atoms with van der Waals surface area (Å²) in [5.41, 5.74) is -0.358. The van der Waals surface area contributed by atoms with Crippen LogP contribution in [-0.2, 0) is 28.6 Å². The summed E-state index contributed by atoms with van der Waals surface area (Å²) >= 11 is 1.49. The molecule has 0 aromatic carbocycles. The summed E-state index contributed by atoms with van der Waals surface area (Å²) in [6, 6.07) is -0.475. The topological polar surface area (TPSA) is 90.9 Å². The van der Waals surface area contributed by atoms with Gasteiger partial charge in [-0.05, 0) is 5.75 Å². The van der Waals surface area contributed by atoms with E-state index in [2.05, 4.69) is 5.32 Å². The molecule has 1 N–H and O–H groups in total. The Hall–Kier alpha value is -1.28. The zero-order chi connectivity index (χ0) is 16.0. The van der Waals surface area contributed by atoms with E-state index >= 15 is 0 Å². The van der Waals surface area contributed by atoms with Crippen LogP contribution in [0.4, 0.5) is 0 Å². The van der Waals surface area contributed by atoms with Crippen LogP contribution in [0.25, 0.3) is 0 Å². The minimum atomic E-state index is -0.685. The van der Waals surface area contributed by atoms with E-state index in [1.54, 1.807) is 0 Å². The van der Waals surface area contributed by atoms with Gasteiger partial charge < -0.3 is 19.5 Å². The molecule has 1 aliphatic rings. The van der Waals surface area contributed by atoms with E-state index in [1.807, 2.05) is 6.92 Å². The summed E-state index contributed by atoms with van der Waals surface area (Å²) in [7, 11) is 0. The van der Waals surface area contributed by atoms with Crippen molar-refractivity contribution < 1.29 is 28.6 Å². The van der Waals surface area contributed by atoms with Crippen LogP contribution in [0.3, 0.4) is 0 Å². The van der Waals surface area contributed by atoms with Gasteiger partial charge >= 0.3 is 11.9 Å². The number of amides is 1. The highest BCUT2D eigenvalue weighted by Gasteiger charge is 2.47. The second kappa shape index (κ2) is 8.23. The molecule has 4 atom stereocenters. The predicted octanol–water partition coefficient (Wildman–Crippen LogP) is 0.464. The number of carbonyl (C=O) groups excluding carboxylic acids is 3. The maximum atomic E-state index is 11.4. The van der Waals surface area contributed by atoms with Crippen LogP contribution in [0.15, 0.2) is 0 Å². The maximum Gasteiger partial charge on any atom is 0.303 e. The Morgan fingerprint density at radius 1 is 1.19 bits per heavy atom. The third-order valence-corrected chi connectivity index (χ3v) is 3.84. The number of thioether (sulfide) groups is 1. The molecule has 0 unspecified atom stereocenters. The summed E-state index contributed by atoms with van der Waals surface area (Å²) in [5, 5.41) is 2.75. The van der Waals surface area contributed by atoms with Crippen molar-refractivity contribution in [2.24, 2.45) is 0 Å². The van der Waals surface area contributed by atoms with Gasteiger partial charge in [-0.3, -0.25) is 14.4 Å². The molecule has 1 fully saturated rings. The third-order valence-electron chi connectivity index (χ3n) is 2.78. The molecule has 0 spiro atoms. The first-order valence-corrected chi connectivity index (χ1v) is 7.74. The molecular weight excluding hydrogens is 298 g/mol. The molecule has 1 rings (SSSR count). The van der Waals surface area contributed by atoms with E-state index < -0.39 is 30.2 Å². The van der Waals surface area contributed by atoms with Crippen LogP contribution in [-0.4, -0.2) is 53.9 Å². The molecule has 120 valence electrons. The highest BCUT2D eigenvalue weighted by atomic mass is 32.2. The highest BCUT2D eigenvalue weighted by Crippen LogP contribution is 2.31. The van der Waals surface area contributed by atoms with E-state index in [0.29, 0.717) is 0 Å². The van der Waals surface area contributed by atoms with Crippen molar-refractivity contribution >= 4 is 29.6 Å². The van der Waals surface area contributed by atoms with Crippen molar-refractivity contribution in [3.63, 3.8) is 0 Å². The molecular formula is C13H21NO6S. The number of carbonyl (C=O) groups is 3. The van der Waals surface area contributed by atoms with Gasteiger partial charge in [0.1, 0.15) is 24.2 Å². The number of ether oxygens (including phenoxy) is 3. The summed E-state index contributed by atoms with van der Waals surface area (Å²) in [6.07, 6.45) is -1.28. The van der Waals surface area contributed by atoms with E-state index in [0.717, 1.165) is 5.75 Å². The van der Waals surface area contributed by atoms with Gasteiger partial charge in [0.25, 0.3) is 0 Å². The van der Waals surface area contributed by atoms with Gasteiger partial charge in [0.05, 0.1) is 0 Å². The molecule has 21 heavy (non-hydrogen) atoms. The monoisotopic (exact) mass is 319 g/mol. The Morgan fingerprint density at radius 3 is 2.33 bits per heavy atom. The lowest BCUT2D eigenvalue weighted by atomic mass is 10.1. The average Bonchev–Trinajstić information content (AvgIpc) is 2.65. The van der Waals surface area contributed by atoms with Gasteiger partial charge in [0.2, 0.25) is 5.91 Å². The van der Waals surface area contributed by atoms with Crippen LogP contribution in [0, 0.1) is 0 Å². The van der Waals surface area contributed by atoms with Crippen LogP contribution < -0.4 is 5.32 Å². The van der Waals surface area contributed by atoms with Crippen molar-refractivity contribution in [3.8, 4) is 0 Å². The third kappa shape index (κ3) is 5.55. The van der Waals surface area contributed by atoms with Crippen molar-refractivity contribution in [3.05, 3.63) is 0 Å². The highest BCUT2D eigenvalue weighted by molar-refractivity contribution is 7.99. The van der Waals surface area contributed by atoms with Crippen molar-refractivity contribution in [2.75, 3.05) is 12.4 Å². The SMILES string of the molecule is CCS[C@H]1O[C@@H](COC(C)=O)[C@@H](OC(C)=O)[C@H]1NC(C)=O. The van der Waals surface area contributed by atoms with Gasteiger partial charge in [-0.25, -0.2) is 0 Å². The van der Waals surface area contributed by atoms with E-state index in [1.165, 1.54) is 32.5 Å². The summed E-state index contributed by atoms with van der Waals surface area (Å²) in [5.74, 6) is -0.388. The molecule has 0 aromatic heterocycles.